The second-order valence-electron chi connectivity index (χ2n) is 4.41. The standard InChI is InChI=1S/C14H14ClNO4/c1-3-16(7-12(17)18)14(19)13-8(2)10-6-9(15)4-5-11(10)20-13/h4-6H,3,7H2,1-2H3,(H,17,18). The summed E-state index contributed by atoms with van der Waals surface area (Å²) in [5.41, 5.74) is 1.22. The summed E-state index contributed by atoms with van der Waals surface area (Å²) >= 11 is 5.92. The van der Waals surface area contributed by atoms with Crippen LogP contribution < -0.4 is 0 Å². The second kappa shape index (κ2) is 5.54. The first-order valence-corrected chi connectivity index (χ1v) is 6.51. The van der Waals surface area contributed by atoms with Gasteiger partial charge in [-0.05, 0) is 32.0 Å². The molecular formula is C14H14ClNO4. The number of rotatable bonds is 4. The smallest absolute Gasteiger partial charge is 0.323 e. The van der Waals surface area contributed by atoms with Crippen LogP contribution in [0.25, 0.3) is 11.0 Å². The Hall–Kier alpha value is -2.01. The van der Waals surface area contributed by atoms with Crippen molar-refractivity contribution in [3.63, 3.8) is 0 Å². The van der Waals surface area contributed by atoms with Crippen LogP contribution in [0.2, 0.25) is 5.02 Å². The van der Waals surface area contributed by atoms with Crippen molar-refractivity contribution in [2.45, 2.75) is 13.8 Å². The highest BCUT2D eigenvalue weighted by molar-refractivity contribution is 6.31. The second-order valence-corrected chi connectivity index (χ2v) is 4.85. The van der Waals surface area contributed by atoms with E-state index in [2.05, 4.69) is 0 Å². The number of carboxylic acids is 1. The monoisotopic (exact) mass is 295 g/mol. The Morgan fingerprint density at radius 2 is 2.10 bits per heavy atom. The summed E-state index contributed by atoms with van der Waals surface area (Å²) in [6.07, 6.45) is 0. The van der Waals surface area contributed by atoms with Crippen molar-refractivity contribution in [1.29, 1.82) is 0 Å². The molecule has 2 rings (SSSR count). The van der Waals surface area contributed by atoms with Gasteiger partial charge in [-0.1, -0.05) is 11.6 Å². The molecule has 1 aromatic heterocycles. The summed E-state index contributed by atoms with van der Waals surface area (Å²) in [6, 6.07) is 5.09. The molecule has 5 nitrogen and oxygen atoms in total. The topological polar surface area (TPSA) is 70.8 Å². The lowest BCUT2D eigenvalue weighted by molar-refractivity contribution is -0.137. The molecule has 0 unspecified atom stereocenters. The third-order valence-corrected chi connectivity index (χ3v) is 3.32. The van der Waals surface area contributed by atoms with Gasteiger partial charge in [0.1, 0.15) is 12.1 Å². The summed E-state index contributed by atoms with van der Waals surface area (Å²) in [5.74, 6) is -1.33. The first-order chi connectivity index (χ1) is 9.43. The molecule has 20 heavy (non-hydrogen) atoms. The van der Waals surface area contributed by atoms with Crippen LogP contribution in [-0.4, -0.2) is 35.0 Å². The molecule has 0 atom stereocenters. The normalized spacial score (nSPS) is 10.8. The third-order valence-electron chi connectivity index (χ3n) is 3.09. The maximum absolute atomic E-state index is 12.3. The molecule has 0 aliphatic carbocycles. The average Bonchev–Trinajstić information content (AvgIpc) is 2.72. The maximum atomic E-state index is 12.3. The molecule has 1 amide bonds. The fourth-order valence-electron chi connectivity index (χ4n) is 2.03. The molecule has 0 spiro atoms. The van der Waals surface area contributed by atoms with Crippen LogP contribution in [0.15, 0.2) is 22.6 Å². The van der Waals surface area contributed by atoms with Crippen LogP contribution in [0.4, 0.5) is 0 Å². The highest BCUT2D eigenvalue weighted by Gasteiger charge is 2.23. The summed E-state index contributed by atoms with van der Waals surface area (Å²) in [4.78, 5) is 24.3. The van der Waals surface area contributed by atoms with Crippen molar-refractivity contribution in [3.8, 4) is 0 Å². The van der Waals surface area contributed by atoms with E-state index in [1.165, 1.54) is 4.90 Å². The molecule has 106 valence electrons. The van der Waals surface area contributed by atoms with Gasteiger partial charge >= 0.3 is 5.97 Å². The van der Waals surface area contributed by atoms with Crippen LogP contribution in [-0.2, 0) is 4.79 Å². The molecule has 1 aromatic carbocycles. The van der Waals surface area contributed by atoms with E-state index in [4.69, 9.17) is 21.1 Å². The summed E-state index contributed by atoms with van der Waals surface area (Å²) < 4.78 is 5.54. The van der Waals surface area contributed by atoms with E-state index in [9.17, 15) is 9.59 Å². The Bertz CT molecular complexity index is 677. The predicted molar refractivity (Wildman–Crippen MR) is 75.2 cm³/mol. The van der Waals surface area contributed by atoms with Crippen molar-refractivity contribution in [2.75, 3.05) is 13.1 Å². The minimum Gasteiger partial charge on any atom is -0.480 e. The molecular weight excluding hydrogens is 282 g/mol. The molecule has 0 aliphatic rings. The average molecular weight is 296 g/mol. The minimum atomic E-state index is -1.06. The Balaban J connectivity index is 2.44. The van der Waals surface area contributed by atoms with Crippen LogP contribution >= 0.6 is 11.6 Å². The molecule has 0 saturated carbocycles. The Kier molecular flexibility index (Phi) is 3.99. The molecule has 0 bridgehead atoms. The number of hydrogen-bond acceptors (Lipinski definition) is 3. The van der Waals surface area contributed by atoms with Gasteiger partial charge in [-0.2, -0.15) is 0 Å². The lowest BCUT2D eigenvalue weighted by atomic mass is 10.1. The lowest BCUT2D eigenvalue weighted by Crippen LogP contribution is -2.35. The SMILES string of the molecule is CCN(CC(=O)O)C(=O)c1oc2ccc(Cl)cc2c1C. The molecule has 0 radical (unpaired) electrons. The number of nitrogens with zero attached hydrogens (tertiary/aromatic N) is 1. The zero-order valence-corrected chi connectivity index (χ0v) is 11.9. The third kappa shape index (κ3) is 2.63. The number of halogens is 1. The first kappa shape index (κ1) is 14.4. The molecule has 0 aliphatic heterocycles. The first-order valence-electron chi connectivity index (χ1n) is 6.13. The van der Waals surface area contributed by atoms with Crippen LogP contribution in [0.5, 0.6) is 0 Å². The van der Waals surface area contributed by atoms with E-state index in [1.54, 1.807) is 32.0 Å². The Labute approximate surface area is 120 Å². The lowest BCUT2D eigenvalue weighted by Gasteiger charge is -2.17. The maximum Gasteiger partial charge on any atom is 0.323 e. The largest absolute Gasteiger partial charge is 0.480 e. The quantitative estimate of drug-likeness (QED) is 0.941. The summed E-state index contributed by atoms with van der Waals surface area (Å²) in [7, 11) is 0. The van der Waals surface area contributed by atoms with Crippen molar-refractivity contribution in [1.82, 2.24) is 4.90 Å². The zero-order valence-electron chi connectivity index (χ0n) is 11.1. The van der Waals surface area contributed by atoms with Gasteiger partial charge in [-0.15, -0.1) is 0 Å². The Morgan fingerprint density at radius 3 is 2.70 bits per heavy atom. The number of carbonyl (C=O) groups is 2. The number of carbonyl (C=O) groups excluding carboxylic acids is 1. The number of aryl methyl sites for hydroxylation is 1. The fourth-order valence-corrected chi connectivity index (χ4v) is 2.20. The molecule has 1 N–H and O–H groups in total. The number of hydrogen-bond donors (Lipinski definition) is 1. The van der Waals surface area contributed by atoms with Crippen molar-refractivity contribution in [3.05, 3.63) is 34.5 Å². The predicted octanol–water partition coefficient (Wildman–Crippen LogP) is 2.94. The number of benzene rings is 1. The fraction of sp³-hybridized carbons (Fsp3) is 0.286. The van der Waals surface area contributed by atoms with Gasteiger partial charge in [0.2, 0.25) is 0 Å². The highest BCUT2D eigenvalue weighted by atomic mass is 35.5. The van der Waals surface area contributed by atoms with Crippen molar-refractivity contribution in [2.24, 2.45) is 0 Å². The molecule has 6 heteroatoms. The van der Waals surface area contributed by atoms with Gasteiger partial charge in [-0.25, -0.2) is 0 Å². The van der Waals surface area contributed by atoms with Crippen LogP contribution in [0.3, 0.4) is 0 Å². The number of likely N-dealkylation sites (N-methyl/N-ethyl adjacent to an activating group) is 1. The van der Waals surface area contributed by atoms with E-state index in [0.717, 1.165) is 5.39 Å². The van der Waals surface area contributed by atoms with Gasteiger partial charge in [-0.3, -0.25) is 9.59 Å². The van der Waals surface area contributed by atoms with Gasteiger partial charge in [0.15, 0.2) is 5.76 Å². The number of aliphatic carboxylic acids is 1. The number of amides is 1. The molecule has 2 aromatic rings. The van der Waals surface area contributed by atoms with E-state index in [1.807, 2.05) is 0 Å². The van der Waals surface area contributed by atoms with Gasteiger partial charge in [0, 0.05) is 22.5 Å². The van der Waals surface area contributed by atoms with E-state index in [0.29, 0.717) is 22.7 Å². The highest BCUT2D eigenvalue weighted by Crippen LogP contribution is 2.28. The Morgan fingerprint density at radius 1 is 1.40 bits per heavy atom. The number of carboxylic acid groups (broad SMARTS) is 1. The van der Waals surface area contributed by atoms with E-state index < -0.39 is 11.9 Å². The minimum absolute atomic E-state index is 0.158. The molecule has 0 saturated heterocycles. The van der Waals surface area contributed by atoms with Crippen molar-refractivity contribution >= 4 is 34.4 Å². The molecule has 0 fully saturated rings. The van der Waals surface area contributed by atoms with Gasteiger partial charge in [0.25, 0.3) is 5.91 Å². The number of furan rings is 1. The van der Waals surface area contributed by atoms with E-state index >= 15 is 0 Å². The van der Waals surface area contributed by atoms with Gasteiger partial charge in [0.05, 0.1) is 0 Å². The van der Waals surface area contributed by atoms with Crippen LogP contribution in [0, 0.1) is 6.92 Å². The van der Waals surface area contributed by atoms with Crippen LogP contribution in [0.1, 0.15) is 23.0 Å². The summed E-state index contributed by atoms with van der Waals surface area (Å²) in [6.45, 7) is 3.41. The number of fused-ring (bicyclic) bond motifs is 1. The summed E-state index contributed by atoms with van der Waals surface area (Å²) in [5, 5.41) is 10.1. The molecule has 1 heterocycles. The van der Waals surface area contributed by atoms with Crippen molar-refractivity contribution < 1.29 is 19.1 Å². The zero-order chi connectivity index (χ0) is 14.9. The van der Waals surface area contributed by atoms with E-state index in [-0.39, 0.29) is 12.3 Å². The van der Waals surface area contributed by atoms with Gasteiger partial charge < -0.3 is 14.4 Å².